The van der Waals surface area contributed by atoms with E-state index in [0.29, 0.717) is 11.4 Å². The number of carbonyl (C=O) groups excluding carboxylic acids is 1. The van der Waals surface area contributed by atoms with Crippen molar-refractivity contribution in [3.8, 4) is 17.0 Å². The highest BCUT2D eigenvalue weighted by molar-refractivity contribution is 5.93. The number of aromatic nitrogens is 1. The first kappa shape index (κ1) is 16.8. The minimum Gasteiger partial charge on any atom is -0.484 e. The van der Waals surface area contributed by atoms with Crippen molar-refractivity contribution in [3.63, 3.8) is 0 Å². The van der Waals surface area contributed by atoms with Gasteiger partial charge < -0.3 is 15.0 Å². The van der Waals surface area contributed by atoms with Crippen LogP contribution in [0.15, 0.2) is 78.9 Å². The molecule has 1 amide bonds. The lowest BCUT2D eigenvalue weighted by Gasteiger charge is -2.08. The molecule has 0 aliphatic carbocycles. The van der Waals surface area contributed by atoms with Crippen LogP contribution in [0.2, 0.25) is 0 Å². The zero-order valence-corrected chi connectivity index (χ0v) is 14.4. The Balaban J connectivity index is 1.44. The summed E-state index contributed by atoms with van der Waals surface area (Å²) in [7, 11) is 0. The summed E-state index contributed by atoms with van der Waals surface area (Å²) < 4.78 is 18.2. The van der Waals surface area contributed by atoms with Crippen LogP contribution in [-0.4, -0.2) is 17.5 Å². The number of nitrogens with one attached hydrogen (secondary N) is 2. The first-order valence-corrected chi connectivity index (χ1v) is 8.54. The molecule has 4 aromatic rings. The molecular formula is C22H17FN2O2. The van der Waals surface area contributed by atoms with Gasteiger partial charge in [0.15, 0.2) is 6.61 Å². The summed E-state index contributed by atoms with van der Waals surface area (Å²) in [4.78, 5) is 15.5. The molecule has 0 aliphatic rings. The molecule has 0 unspecified atom stereocenters. The number of ether oxygens (including phenoxy) is 1. The molecule has 0 atom stereocenters. The van der Waals surface area contributed by atoms with Crippen molar-refractivity contribution in [2.45, 2.75) is 0 Å². The molecular weight excluding hydrogens is 343 g/mol. The molecule has 2 N–H and O–H groups in total. The first-order chi connectivity index (χ1) is 13.2. The Kier molecular flexibility index (Phi) is 4.58. The van der Waals surface area contributed by atoms with E-state index in [2.05, 4.69) is 16.4 Å². The second-order valence-electron chi connectivity index (χ2n) is 6.14. The number of hydrogen-bond donors (Lipinski definition) is 2. The summed E-state index contributed by atoms with van der Waals surface area (Å²) in [5, 5.41) is 3.95. The van der Waals surface area contributed by atoms with Crippen molar-refractivity contribution in [1.82, 2.24) is 4.98 Å². The quantitative estimate of drug-likeness (QED) is 0.527. The predicted molar refractivity (Wildman–Crippen MR) is 104 cm³/mol. The Bertz CT molecular complexity index is 1050. The SMILES string of the molecule is O=C(COc1ccc(F)cc1)Nc1cccc(-c2cc3ccccc3[nH]2)c1. The Labute approximate surface area is 155 Å². The molecule has 0 radical (unpaired) electrons. The van der Waals surface area contributed by atoms with Gasteiger partial charge in [-0.3, -0.25) is 4.79 Å². The maximum Gasteiger partial charge on any atom is 0.262 e. The van der Waals surface area contributed by atoms with Crippen LogP contribution in [0.5, 0.6) is 5.75 Å². The van der Waals surface area contributed by atoms with Crippen molar-refractivity contribution in [1.29, 1.82) is 0 Å². The van der Waals surface area contributed by atoms with E-state index < -0.39 is 0 Å². The number of rotatable bonds is 5. The lowest BCUT2D eigenvalue weighted by molar-refractivity contribution is -0.118. The number of aromatic amines is 1. The van der Waals surface area contributed by atoms with Crippen molar-refractivity contribution >= 4 is 22.5 Å². The van der Waals surface area contributed by atoms with Crippen LogP contribution in [0.3, 0.4) is 0 Å². The Morgan fingerprint density at radius 3 is 2.59 bits per heavy atom. The van der Waals surface area contributed by atoms with Gasteiger partial charge in [-0.1, -0.05) is 30.3 Å². The average Bonchev–Trinajstić information content (AvgIpc) is 3.12. The lowest BCUT2D eigenvalue weighted by Crippen LogP contribution is -2.20. The zero-order valence-electron chi connectivity index (χ0n) is 14.4. The molecule has 27 heavy (non-hydrogen) atoms. The smallest absolute Gasteiger partial charge is 0.262 e. The number of halogens is 1. The van der Waals surface area contributed by atoms with E-state index in [0.717, 1.165) is 22.2 Å². The van der Waals surface area contributed by atoms with Gasteiger partial charge in [-0.25, -0.2) is 4.39 Å². The molecule has 134 valence electrons. The van der Waals surface area contributed by atoms with E-state index in [1.54, 1.807) is 0 Å². The second kappa shape index (κ2) is 7.33. The largest absolute Gasteiger partial charge is 0.484 e. The number of anilines is 1. The standard InChI is InChI=1S/C22H17FN2O2/c23-17-8-10-19(11-9-17)27-14-22(26)24-18-6-3-5-15(12-18)21-13-16-4-1-2-7-20(16)25-21/h1-13,25H,14H2,(H,24,26). The molecule has 1 heterocycles. The zero-order chi connectivity index (χ0) is 18.6. The van der Waals surface area contributed by atoms with Gasteiger partial charge in [0, 0.05) is 27.8 Å². The first-order valence-electron chi connectivity index (χ1n) is 8.54. The van der Waals surface area contributed by atoms with E-state index >= 15 is 0 Å². The van der Waals surface area contributed by atoms with E-state index in [4.69, 9.17) is 4.74 Å². The van der Waals surface area contributed by atoms with E-state index in [1.165, 1.54) is 24.3 Å². The third kappa shape index (κ3) is 3.98. The Hall–Kier alpha value is -3.60. The summed E-state index contributed by atoms with van der Waals surface area (Å²) in [5.74, 6) is -0.188. The number of H-pyrrole nitrogens is 1. The number of carbonyl (C=O) groups is 1. The number of fused-ring (bicyclic) bond motifs is 1. The van der Waals surface area contributed by atoms with Gasteiger partial charge in [-0.2, -0.15) is 0 Å². The van der Waals surface area contributed by atoms with Crippen molar-refractivity contribution in [3.05, 3.63) is 84.7 Å². The highest BCUT2D eigenvalue weighted by atomic mass is 19.1. The van der Waals surface area contributed by atoms with Gasteiger partial charge in [0.2, 0.25) is 0 Å². The molecule has 5 heteroatoms. The second-order valence-corrected chi connectivity index (χ2v) is 6.14. The minimum absolute atomic E-state index is 0.151. The average molecular weight is 360 g/mol. The fraction of sp³-hybridized carbons (Fsp3) is 0.0455. The van der Waals surface area contributed by atoms with Gasteiger partial charge in [-0.15, -0.1) is 0 Å². The molecule has 4 rings (SSSR count). The van der Waals surface area contributed by atoms with Gasteiger partial charge >= 0.3 is 0 Å². The Morgan fingerprint density at radius 1 is 0.963 bits per heavy atom. The monoisotopic (exact) mass is 360 g/mol. The minimum atomic E-state index is -0.347. The van der Waals surface area contributed by atoms with Crippen LogP contribution in [0.4, 0.5) is 10.1 Å². The maximum absolute atomic E-state index is 12.9. The normalized spacial score (nSPS) is 10.7. The van der Waals surface area contributed by atoms with E-state index in [9.17, 15) is 9.18 Å². The molecule has 0 aliphatic heterocycles. The Morgan fingerprint density at radius 2 is 1.78 bits per heavy atom. The van der Waals surface area contributed by atoms with Crippen LogP contribution in [0.25, 0.3) is 22.2 Å². The highest BCUT2D eigenvalue weighted by Gasteiger charge is 2.07. The van der Waals surface area contributed by atoms with Gasteiger partial charge in [-0.05, 0) is 48.5 Å². The summed E-state index contributed by atoms with van der Waals surface area (Å²) in [6, 6.07) is 23.3. The molecule has 4 nitrogen and oxygen atoms in total. The summed E-state index contributed by atoms with van der Waals surface area (Å²) in [5.41, 5.74) is 3.70. The van der Waals surface area contributed by atoms with Crippen LogP contribution in [0.1, 0.15) is 0 Å². The van der Waals surface area contributed by atoms with Crippen LogP contribution in [-0.2, 0) is 4.79 Å². The van der Waals surface area contributed by atoms with Crippen molar-refractivity contribution in [2.75, 3.05) is 11.9 Å². The molecule has 0 saturated heterocycles. The van der Waals surface area contributed by atoms with E-state index in [1.807, 2.05) is 48.5 Å². The fourth-order valence-electron chi connectivity index (χ4n) is 2.87. The third-order valence-electron chi connectivity index (χ3n) is 4.17. The van der Waals surface area contributed by atoms with Crippen LogP contribution < -0.4 is 10.1 Å². The van der Waals surface area contributed by atoms with Crippen LogP contribution >= 0.6 is 0 Å². The summed E-state index contributed by atoms with van der Waals surface area (Å²) in [6.45, 7) is -0.151. The lowest BCUT2D eigenvalue weighted by atomic mass is 10.1. The number of para-hydroxylation sites is 1. The van der Waals surface area contributed by atoms with Gasteiger partial charge in [0.25, 0.3) is 5.91 Å². The number of hydrogen-bond acceptors (Lipinski definition) is 2. The number of amides is 1. The van der Waals surface area contributed by atoms with E-state index in [-0.39, 0.29) is 18.3 Å². The maximum atomic E-state index is 12.9. The summed E-state index contributed by atoms with van der Waals surface area (Å²) in [6.07, 6.45) is 0. The molecule has 0 spiro atoms. The topological polar surface area (TPSA) is 54.1 Å². The molecule has 3 aromatic carbocycles. The molecule has 0 saturated carbocycles. The van der Waals surface area contributed by atoms with Crippen molar-refractivity contribution in [2.24, 2.45) is 0 Å². The van der Waals surface area contributed by atoms with Crippen molar-refractivity contribution < 1.29 is 13.9 Å². The highest BCUT2D eigenvalue weighted by Crippen LogP contribution is 2.26. The van der Waals surface area contributed by atoms with Gasteiger partial charge in [0.1, 0.15) is 11.6 Å². The third-order valence-corrected chi connectivity index (χ3v) is 4.17. The molecule has 0 bridgehead atoms. The summed E-state index contributed by atoms with van der Waals surface area (Å²) >= 11 is 0. The molecule has 0 fully saturated rings. The predicted octanol–water partition coefficient (Wildman–Crippen LogP) is 4.99. The fourth-order valence-corrected chi connectivity index (χ4v) is 2.87. The van der Waals surface area contributed by atoms with Gasteiger partial charge in [0.05, 0.1) is 0 Å². The van der Waals surface area contributed by atoms with Crippen LogP contribution in [0, 0.1) is 5.82 Å². The molecule has 1 aromatic heterocycles. The number of benzene rings is 3.